The number of fused-ring (bicyclic) bond motifs is 1. The van der Waals surface area contributed by atoms with Gasteiger partial charge in [0.25, 0.3) is 5.91 Å². The number of carbonyl (C=O) groups excluding carboxylic acids is 2. The highest BCUT2D eigenvalue weighted by atomic mass is 79.9. The molecule has 0 bridgehead atoms. The lowest BCUT2D eigenvalue weighted by atomic mass is 9.65. The number of amides is 1. The van der Waals surface area contributed by atoms with Crippen LogP contribution >= 0.6 is 27.5 Å². The number of allylic oxidation sites excluding steroid dienone is 1. The molecular formula is C31H23BrClNO4. The second-order valence-electron chi connectivity index (χ2n) is 10.7. The van der Waals surface area contributed by atoms with Gasteiger partial charge in [-0.2, -0.15) is 0 Å². The third kappa shape index (κ3) is 3.69. The van der Waals surface area contributed by atoms with Gasteiger partial charge in [-0.25, -0.2) is 4.79 Å². The number of anilines is 1. The van der Waals surface area contributed by atoms with E-state index in [0.29, 0.717) is 28.0 Å². The summed E-state index contributed by atoms with van der Waals surface area (Å²) in [4.78, 5) is 41.8. The molecule has 0 aliphatic carbocycles. The molecule has 0 spiro atoms. The van der Waals surface area contributed by atoms with Crippen LogP contribution in [-0.2, 0) is 10.2 Å². The van der Waals surface area contributed by atoms with E-state index in [4.69, 9.17) is 16.0 Å². The average Bonchev–Trinajstić information content (AvgIpc) is 3.14. The molecule has 0 radical (unpaired) electrons. The molecule has 0 fully saturated rings. The summed E-state index contributed by atoms with van der Waals surface area (Å²) in [6.07, 6.45) is 1.94. The van der Waals surface area contributed by atoms with Gasteiger partial charge in [-0.1, -0.05) is 64.8 Å². The lowest BCUT2D eigenvalue weighted by Gasteiger charge is -2.49. The molecule has 5 nitrogen and oxygen atoms in total. The van der Waals surface area contributed by atoms with Gasteiger partial charge in [0.2, 0.25) is 0 Å². The molecule has 1 unspecified atom stereocenters. The second-order valence-corrected chi connectivity index (χ2v) is 12.1. The molecule has 4 aromatic rings. The van der Waals surface area contributed by atoms with Crippen LogP contribution in [0, 0.1) is 0 Å². The largest absolute Gasteiger partial charge is 0.422 e. The van der Waals surface area contributed by atoms with Gasteiger partial charge >= 0.3 is 5.63 Å². The molecule has 1 aromatic heterocycles. The maximum atomic E-state index is 13.9. The minimum Gasteiger partial charge on any atom is -0.422 e. The first-order chi connectivity index (χ1) is 18.0. The van der Waals surface area contributed by atoms with Gasteiger partial charge in [0.05, 0.1) is 11.3 Å². The summed E-state index contributed by atoms with van der Waals surface area (Å²) in [6.45, 7) is 6.25. The van der Waals surface area contributed by atoms with Gasteiger partial charge in [-0.15, -0.1) is 0 Å². The highest BCUT2D eigenvalue weighted by Gasteiger charge is 2.52. The van der Waals surface area contributed by atoms with E-state index in [-0.39, 0.29) is 17.0 Å². The quantitative estimate of drug-likeness (QED) is 0.143. The first-order valence-corrected chi connectivity index (χ1v) is 13.4. The maximum Gasteiger partial charge on any atom is 0.347 e. The Morgan fingerprint density at radius 2 is 1.74 bits per heavy atom. The van der Waals surface area contributed by atoms with Crippen molar-refractivity contribution < 1.29 is 14.0 Å². The first kappa shape index (κ1) is 24.8. The lowest BCUT2D eigenvalue weighted by molar-refractivity contribution is -0.114. The molecule has 0 N–H and O–H groups in total. The molecule has 0 saturated carbocycles. The first-order valence-electron chi connectivity index (χ1n) is 12.2. The van der Waals surface area contributed by atoms with Gasteiger partial charge in [0.15, 0.2) is 5.78 Å². The Morgan fingerprint density at radius 3 is 2.47 bits per heavy atom. The summed E-state index contributed by atoms with van der Waals surface area (Å²) < 4.78 is 6.16. The van der Waals surface area contributed by atoms with E-state index >= 15 is 0 Å². The molecule has 3 heterocycles. The van der Waals surface area contributed by atoms with Crippen molar-refractivity contribution >= 4 is 61.5 Å². The Balaban J connectivity index is 1.55. The number of halogens is 2. The van der Waals surface area contributed by atoms with Crippen LogP contribution in [0.5, 0.6) is 0 Å². The maximum absolute atomic E-state index is 13.9. The van der Waals surface area contributed by atoms with Crippen molar-refractivity contribution in [3.63, 3.8) is 0 Å². The van der Waals surface area contributed by atoms with E-state index in [0.717, 1.165) is 21.3 Å². The minimum absolute atomic E-state index is 0.112. The predicted octanol–water partition coefficient (Wildman–Crippen LogP) is 7.31. The summed E-state index contributed by atoms with van der Waals surface area (Å²) in [5.41, 5.74) is 2.36. The van der Waals surface area contributed by atoms with Crippen molar-refractivity contribution in [2.75, 3.05) is 4.90 Å². The third-order valence-electron chi connectivity index (χ3n) is 7.67. The standard InChI is InChI=1S/C31H23BrClNO4/c1-30(2)16-31(3,18-8-10-20(33)11-9-18)24-14-19(32)13-21-22(28(36)34(30)27(21)24)15-25(35)23-12-17-6-4-5-7-26(17)38-29(23)37/h4-15H,16H2,1-3H3/b22-15-. The average molecular weight is 589 g/mol. The minimum atomic E-state index is -0.733. The van der Waals surface area contributed by atoms with Crippen LogP contribution in [0.25, 0.3) is 16.5 Å². The van der Waals surface area contributed by atoms with Crippen LogP contribution in [-0.4, -0.2) is 17.2 Å². The van der Waals surface area contributed by atoms with E-state index in [2.05, 4.69) is 22.9 Å². The van der Waals surface area contributed by atoms with Gasteiger partial charge in [0, 0.05) is 31.4 Å². The smallest absolute Gasteiger partial charge is 0.347 e. The SMILES string of the molecule is CC1(c2ccc(Cl)cc2)CC(C)(C)N2C(=O)/C(=C\C(=O)c3cc4ccccc4oc3=O)c3cc(Br)cc1c32. The fourth-order valence-corrected chi connectivity index (χ4v) is 6.66. The monoisotopic (exact) mass is 587 g/mol. The van der Waals surface area contributed by atoms with Crippen molar-refractivity contribution in [3.8, 4) is 0 Å². The Morgan fingerprint density at radius 1 is 1.03 bits per heavy atom. The summed E-state index contributed by atoms with van der Waals surface area (Å²) in [6, 6.07) is 20.2. The number of rotatable bonds is 3. The Bertz CT molecular complexity index is 1770. The normalized spacial score (nSPS) is 20.7. The van der Waals surface area contributed by atoms with Crippen LogP contribution < -0.4 is 10.5 Å². The van der Waals surface area contributed by atoms with Crippen LogP contribution in [0.2, 0.25) is 5.02 Å². The van der Waals surface area contributed by atoms with E-state index in [1.807, 2.05) is 50.2 Å². The highest BCUT2D eigenvalue weighted by Crippen LogP contribution is 2.56. The van der Waals surface area contributed by atoms with Gasteiger partial charge in [-0.3, -0.25) is 9.59 Å². The van der Waals surface area contributed by atoms with E-state index in [1.54, 1.807) is 29.2 Å². The number of benzene rings is 3. The van der Waals surface area contributed by atoms with Crippen molar-refractivity contribution in [2.24, 2.45) is 0 Å². The fraction of sp³-hybridized carbons (Fsp3) is 0.194. The Kier molecular flexibility index (Phi) is 5.57. The van der Waals surface area contributed by atoms with E-state index in [9.17, 15) is 14.4 Å². The number of hydrogen-bond donors (Lipinski definition) is 0. The van der Waals surface area contributed by atoms with Crippen molar-refractivity contribution in [1.82, 2.24) is 0 Å². The zero-order valence-electron chi connectivity index (χ0n) is 21.0. The second kappa shape index (κ2) is 8.52. The topological polar surface area (TPSA) is 67.6 Å². The molecule has 3 aromatic carbocycles. The van der Waals surface area contributed by atoms with Crippen LogP contribution in [0.3, 0.4) is 0 Å². The lowest BCUT2D eigenvalue weighted by Crippen LogP contribution is -2.54. The zero-order valence-corrected chi connectivity index (χ0v) is 23.3. The number of nitrogens with zero attached hydrogens (tertiary/aromatic N) is 1. The number of para-hydroxylation sites is 1. The molecule has 190 valence electrons. The van der Waals surface area contributed by atoms with Gasteiger partial charge < -0.3 is 9.32 Å². The van der Waals surface area contributed by atoms with Crippen LogP contribution in [0.4, 0.5) is 5.69 Å². The molecule has 6 rings (SSSR count). The van der Waals surface area contributed by atoms with Gasteiger partial charge in [0.1, 0.15) is 11.1 Å². The van der Waals surface area contributed by atoms with E-state index < -0.39 is 22.4 Å². The van der Waals surface area contributed by atoms with Crippen molar-refractivity contribution in [3.05, 3.63) is 115 Å². The molecular weight excluding hydrogens is 566 g/mol. The predicted molar refractivity (Wildman–Crippen MR) is 153 cm³/mol. The molecule has 1 atom stereocenters. The summed E-state index contributed by atoms with van der Waals surface area (Å²) in [5, 5.41) is 1.29. The molecule has 0 saturated heterocycles. The molecule has 1 amide bonds. The molecule has 38 heavy (non-hydrogen) atoms. The highest BCUT2D eigenvalue weighted by molar-refractivity contribution is 9.10. The van der Waals surface area contributed by atoms with Crippen LogP contribution in [0.1, 0.15) is 54.2 Å². The summed E-state index contributed by atoms with van der Waals surface area (Å²) >= 11 is 9.82. The van der Waals surface area contributed by atoms with Gasteiger partial charge in [-0.05, 0) is 73.9 Å². The summed E-state index contributed by atoms with van der Waals surface area (Å²) in [5.74, 6) is -0.833. The van der Waals surface area contributed by atoms with Crippen molar-refractivity contribution in [1.29, 1.82) is 0 Å². The third-order valence-corrected chi connectivity index (χ3v) is 8.38. The zero-order chi connectivity index (χ0) is 27.0. The fourth-order valence-electron chi connectivity index (χ4n) is 6.08. The molecule has 2 aliphatic heterocycles. The number of ketones is 1. The summed E-state index contributed by atoms with van der Waals surface area (Å²) in [7, 11) is 0. The number of hydrogen-bond acceptors (Lipinski definition) is 4. The Labute approximate surface area is 232 Å². The molecule has 7 heteroatoms. The Hall–Kier alpha value is -3.48. The van der Waals surface area contributed by atoms with E-state index in [1.165, 1.54) is 12.1 Å². The molecule has 2 aliphatic rings. The van der Waals surface area contributed by atoms with Crippen molar-refractivity contribution in [2.45, 2.75) is 38.1 Å². The van der Waals surface area contributed by atoms with Crippen LogP contribution in [0.15, 0.2) is 86.5 Å². The number of carbonyl (C=O) groups is 2.